The molecule has 0 spiro atoms. The molecular formula is C13H20ClNO2. The molecule has 0 aliphatic heterocycles. The molecule has 0 saturated heterocycles. The summed E-state index contributed by atoms with van der Waals surface area (Å²) in [5, 5.41) is 9.55. The number of nitrogens with two attached hydrogens (primary N) is 1. The van der Waals surface area contributed by atoms with Gasteiger partial charge >= 0.3 is 0 Å². The number of ether oxygens (including phenoxy) is 1. The summed E-state index contributed by atoms with van der Waals surface area (Å²) in [6.45, 7) is 8.18. The van der Waals surface area contributed by atoms with Crippen LogP contribution in [0, 0.1) is 0 Å². The van der Waals surface area contributed by atoms with Gasteiger partial charge in [-0.05, 0) is 38.0 Å². The predicted octanol–water partition coefficient (Wildman–Crippen LogP) is 3.18. The van der Waals surface area contributed by atoms with E-state index in [0.717, 1.165) is 17.6 Å². The number of rotatable bonds is 5. The van der Waals surface area contributed by atoms with Crippen molar-refractivity contribution in [3.63, 3.8) is 0 Å². The van der Waals surface area contributed by atoms with Gasteiger partial charge in [-0.1, -0.05) is 11.6 Å². The van der Waals surface area contributed by atoms with Crippen molar-refractivity contribution >= 4 is 12.4 Å². The largest absolute Gasteiger partial charge is 0.504 e. The fraction of sp³-hybridized carbons (Fsp3) is 0.385. The van der Waals surface area contributed by atoms with E-state index in [2.05, 4.69) is 6.58 Å². The number of hydrogen-bond acceptors (Lipinski definition) is 3. The highest BCUT2D eigenvalue weighted by molar-refractivity contribution is 5.85. The zero-order valence-corrected chi connectivity index (χ0v) is 11.1. The third-order valence-corrected chi connectivity index (χ3v) is 2.28. The Bertz CT molecular complexity index is 380. The van der Waals surface area contributed by atoms with Crippen molar-refractivity contribution in [2.75, 3.05) is 6.61 Å². The van der Waals surface area contributed by atoms with Crippen molar-refractivity contribution in [3.8, 4) is 11.5 Å². The summed E-state index contributed by atoms with van der Waals surface area (Å²) in [5.41, 5.74) is 8.00. The average molecular weight is 258 g/mol. The Labute approximate surface area is 109 Å². The van der Waals surface area contributed by atoms with E-state index < -0.39 is 0 Å². The normalized spacial score (nSPS) is 11.5. The van der Waals surface area contributed by atoms with Gasteiger partial charge in [0, 0.05) is 6.04 Å². The molecule has 0 aliphatic rings. The van der Waals surface area contributed by atoms with Gasteiger partial charge in [0.05, 0.1) is 6.61 Å². The van der Waals surface area contributed by atoms with E-state index >= 15 is 0 Å². The summed E-state index contributed by atoms with van der Waals surface area (Å²) < 4.78 is 5.30. The second kappa shape index (κ2) is 7.20. The molecular weight excluding hydrogens is 238 g/mol. The van der Waals surface area contributed by atoms with E-state index in [0.29, 0.717) is 12.4 Å². The Balaban J connectivity index is 0.00000256. The smallest absolute Gasteiger partial charge is 0.161 e. The molecule has 96 valence electrons. The van der Waals surface area contributed by atoms with Crippen LogP contribution in [0.15, 0.2) is 30.4 Å². The van der Waals surface area contributed by atoms with E-state index in [1.54, 1.807) is 12.1 Å². The number of aromatic hydroxyl groups is 1. The number of halogens is 1. The van der Waals surface area contributed by atoms with Gasteiger partial charge < -0.3 is 15.6 Å². The molecule has 1 aromatic rings. The second-order valence-corrected chi connectivity index (χ2v) is 3.93. The van der Waals surface area contributed by atoms with Crippen molar-refractivity contribution in [3.05, 3.63) is 35.9 Å². The van der Waals surface area contributed by atoms with Gasteiger partial charge in [-0.3, -0.25) is 0 Å². The van der Waals surface area contributed by atoms with Crippen LogP contribution in [-0.4, -0.2) is 11.7 Å². The maximum absolute atomic E-state index is 9.55. The second-order valence-electron chi connectivity index (χ2n) is 3.93. The zero-order chi connectivity index (χ0) is 12.1. The molecule has 0 saturated carbocycles. The summed E-state index contributed by atoms with van der Waals surface area (Å²) in [6, 6.07) is 5.11. The van der Waals surface area contributed by atoms with Crippen LogP contribution in [0.25, 0.3) is 0 Å². The molecule has 1 aromatic carbocycles. The Kier molecular flexibility index (Phi) is 6.69. The fourth-order valence-corrected chi connectivity index (χ4v) is 1.53. The Hall–Kier alpha value is -1.19. The first-order valence-corrected chi connectivity index (χ1v) is 5.40. The molecule has 3 nitrogen and oxygen atoms in total. The molecule has 0 aromatic heterocycles. The van der Waals surface area contributed by atoms with E-state index in [1.165, 1.54) is 0 Å². The van der Waals surface area contributed by atoms with Crippen molar-refractivity contribution < 1.29 is 9.84 Å². The van der Waals surface area contributed by atoms with Crippen LogP contribution in [0.5, 0.6) is 11.5 Å². The maximum Gasteiger partial charge on any atom is 0.161 e. The monoisotopic (exact) mass is 257 g/mol. The quantitative estimate of drug-likeness (QED) is 0.797. The minimum atomic E-state index is -0.0997. The van der Waals surface area contributed by atoms with E-state index in [4.69, 9.17) is 10.5 Å². The van der Waals surface area contributed by atoms with Gasteiger partial charge in [0.2, 0.25) is 0 Å². The first-order valence-electron chi connectivity index (χ1n) is 5.40. The van der Waals surface area contributed by atoms with E-state index in [-0.39, 0.29) is 24.2 Å². The van der Waals surface area contributed by atoms with Crippen LogP contribution in [0.4, 0.5) is 0 Å². The molecule has 17 heavy (non-hydrogen) atoms. The lowest BCUT2D eigenvalue weighted by Crippen LogP contribution is -2.10. The van der Waals surface area contributed by atoms with Crippen LogP contribution in [0.3, 0.4) is 0 Å². The predicted molar refractivity (Wildman–Crippen MR) is 72.9 cm³/mol. The zero-order valence-electron chi connectivity index (χ0n) is 10.3. The number of hydrogen-bond donors (Lipinski definition) is 2. The summed E-state index contributed by atoms with van der Waals surface area (Å²) in [5.74, 6) is 0.630. The first kappa shape index (κ1) is 15.8. The minimum absolute atomic E-state index is 0. The Morgan fingerprint density at radius 2 is 2.18 bits per heavy atom. The SMILES string of the molecule is C=C(C)C[C@H](N)c1ccc(O)c(OCC)c1.Cl. The molecule has 0 radical (unpaired) electrons. The molecule has 0 amide bonds. The molecule has 0 fully saturated rings. The highest BCUT2D eigenvalue weighted by Crippen LogP contribution is 2.30. The summed E-state index contributed by atoms with van der Waals surface area (Å²) >= 11 is 0. The van der Waals surface area contributed by atoms with Gasteiger partial charge in [0.25, 0.3) is 0 Å². The fourth-order valence-electron chi connectivity index (χ4n) is 1.53. The molecule has 1 atom stereocenters. The third kappa shape index (κ3) is 4.67. The van der Waals surface area contributed by atoms with Gasteiger partial charge in [0.15, 0.2) is 11.5 Å². The lowest BCUT2D eigenvalue weighted by molar-refractivity contribution is 0.317. The topological polar surface area (TPSA) is 55.5 Å². The lowest BCUT2D eigenvalue weighted by Gasteiger charge is -2.14. The molecule has 0 bridgehead atoms. The standard InChI is InChI=1S/C13H19NO2.ClH/c1-4-16-13-8-10(5-6-12(13)15)11(14)7-9(2)3;/h5-6,8,11,15H,2,4,7,14H2,1,3H3;1H/t11-;/m0./s1. The molecule has 0 heterocycles. The third-order valence-electron chi connectivity index (χ3n) is 2.28. The van der Waals surface area contributed by atoms with Crippen molar-refractivity contribution in [1.29, 1.82) is 0 Å². The Morgan fingerprint density at radius 3 is 2.71 bits per heavy atom. The van der Waals surface area contributed by atoms with Gasteiger partial charge in [-0.15, -0.1) is 19.0 Å². The van der Waals surface area contributed by atoms with Crippen molar-refractivity contribution in [2.24, 2.45) is 5.73 Å². The number of phenolic OH excluding ortho intramolecular Hbond substituents is 1. The maximum atomic E-state index is 9.55. The van der Waals surface area contributed by atoms with Crippen molar-refractivity contribution in [1.82, 2.24) is 0 Å². The summed E-state index contributed by atoms with van der Waals surface area (Å²) in [7, 11) is 0. The average Bonchev–Trinajstić information content (AvgIpc) is 2.20. The summed E-state index contributed by atoms with van der Waals surface area (Å²) in [6.07, 6.45) is 0.732. The minimum Gasteiger partial charge on any atom is -0.504 e. The van der Waals surface area contributed by atoms with Crippen LogP contribution in [0.1, 0.15) is 31.9 Å². The van der Waals surface area contributed by atoms with E-state index in [1.807, 2.05) is 19.9 Å². The molecule has 0 unspecified atom stereocenters. The number of phenols is 1. The van der Waals surface area contributed by atoms with E-state index in [9.17, 15) is 5.11 Å². The Morgan fingerprint density at radius 1 is 1.53 bits per heavy atom. The molecule has 0 aliphatic carbocycles. The van der Waals surface area contributed by atoms with Gasteiger partial charge in [0.1, 0.15) is 0 Å². The van der Waals surface area contributed by atoms with Crippen LogP contribution < -0.4 is 10.5 Å². The first-order chi connectivity index (χ1) is 7.54. The highest BCUT2D eigenvalue weighted by Gasteiger charge is 2.09. The van der Waals surface area contributed by atoms with Crippen molar-refractivity contribution in [2.45, 2.75) is 26.3 Å². The molecule has 3 N–H and O–H groups in total. The number of benzene rings is 1. The van der Waals surface area contributed by atoms with Gasteiger partial charge in [-0.2, -0.15) is 0 Å². The van der Waals surface area contributed by atoms with Gasteiger partial charge in [-0.25, -0.2) is 0 Å². The molecule has 1 rings (SSSR count). The molecule has 4 heteroatoms. The van der Waals surface area contributed by atoms with Crippen LogP contribution in [-0.2, 0) is 0 Å². The summed E-state index contributed by atoms with van der Waals surface area (Å²) in [4.78, 5) is 0. The van der Waals surface area contributed by atoms with Crippen LogP contribution in [0.2, 0.25) is 0 Å². The lowest BCUT2D eigenvalue weighted by atomic mass is 10.0. The van der Waals surface area contributed by atoms with Crippen LogP contribution >= 0.6 is 12.4 Å². The highest BCUT2D eigenvalue weighted by atomic mass is 35.5.